The highest BCUT2D eigenvalue weighted by molar-refractivity contribution is 7.89. The number of aromatic amines is 1. The molecule has 4 atom stereocenters. The molecule has 1 aromatic heterocycles. The van der Waals surface area contributed by atoms with Gasteiger partial charge >= 0.3 is 0 Å². The van der Waals surface area contributed by atoms with E-state index in [2.05, 4.69) is 53.4 Å². The first-order valence-electron chi connectivity index (χ1n) is 15.0. The van der Waals surface area contributed by atoms with Crippen LogP contribution in [0.2, 0.25) is 0 Å². The van der Waals surface area contributed by atoms with Crippen molar-refractivity contribution in [3.8, 4) is 0 Å². The number of sulfonamides is 1. The number of imidazole rings is 1. The predicted octanol–water partition coefficient (Wildman–Crippen LogP) is 3.50. The average molecular weight is 568 g/mol. The van der Waals surface area contributed by atoms with Gasteiger partial charge in [-0.05, 0) is 86.9 Å². The van der Waals surface area contributed by atoms with Crippen molar-refractivity contribution in [3.05, 3.63) is 53.6 Å². The number of hydrogen-bond donors (Lipinski definition) is 2. The van der Waals surface area contributed by atoms with Gasteiger partial charge in [-0.3, -0.25) is 9.69 Å². The number of rotatable bonds is 8. The van der Waals surface area contributed by atoms with Crippen molar-refractivity contribution in [1.82, 2.24) is 24.5 Å². The number of nitrogens with zero attached hydrogens (tertiary/aromatic N) is 3. The van der Waals surface area contributed by atoms with Gasteiger partial charge in [-0.25, -0.2) is 17.7 Å². The molecular formula is C31H45N5O3S. The molecule has 2 aromatic rings. The summed E-state index contributed by atoms with van der Waals surface area (Å²) < 4.78 is 30.1. The van der Waals surface area contributed by atoms with E-state index in [1.807, 2.05) is 19.0 Å². The Morgan fingerprint density at radius 3 is 2.60 bits per heavy atom. The van der Waals surface area contributed by atoms with Gasteiger partial charge in [0.1, 0.15) is 0 Å². The summed E-state index contributed by atoms with van der Waals surface area (Å²) in [7, 11) is 0.335. The standard InChI is InChI=1S/C31H45N5O3S/c1-29(2)23-10-12-31(29,27(17-23)34-28(37)26(35(3)4)18-24-19-32-21-33-24)20-40(38,39)36-15-13-30(14-16-36)11-9-22-7-5-6-8-25(22)30/h5-8,19,21,23,26-27H,9-18,20H2,1-4H3,(H,32,33)(H,34,37)/t23-,26+,27+,31-/m1/s1. The summed E-state index contributed by atoms with van der Waals surface area (Å²) in [6.07, 6.45) is 10.6. The minimum absolute atomic E-state index is 0.0375. The van der Waals surface area contributed by atoms with Crippen LogP contribution in [-0.2, 0) is 33.1 Å². The Morgan fingerprint density at radius 1 is 1.18 bits per heavy atom. The number of fused-ring (bicyclic) bond motifs is 4. The van der Waals surface area contributed by atoms with Gasteiger partial charge in [-0.1, -0.05) is 38.1 Å². The third-order valence-corrected chi connectivity index (χ3v) is 13.6. The molecule has 218 valence electrons. The zero-order valence-corrected chi connectivity index (χ0v) is 25.3. The number of benzene rings is 1. The Morgan fingerprint density at radius 2 is 1.93 bits per heavy atom. The Kier molecular flexibility index (Phi) is 6.94. The number of carbonyl (C=O) groups is 1. The molecule has 2 saturated carbocycles. The highest BCUT2D eigenvalue weighted by Crippen LogP contribution is 2.66. The van der Waals surface area contributed by atoms with Gasteiger partial charge in [0.05, 0.1) is 18.1 Å². The number of carbonyl (C=O) groups excluding carboxylic acids is 1. The molecule has 1 aromatic carbocycles. The van der Waals surface area contributed by atoms with Gasteiger partial charge in [-0.2, -0.15) is 0 Å². The van der Waals surface area contributed by atoms with E-state index in [1.165, 1.54) is 11.1 Å². The summed E-state index contributed by atoms with van der Waals surface area (Å²) in [5, 5.41) is 3.38. The second-order valence-corrected chi connectivity index (χ2v) is 15.7. The molecule has 40 heavy (non-hydrogen) atoms. The second kappa shape index (κ2) is 9.95. The fourth-order valence-electron chi connectivity index (χ4n) is 8.90. The molecule has 2 bridgehead atoms. The van der Waals surface area contributed by atoms with E-state index in [0.717, 1.165) is 50.6 Å². The Hall–Kier alpha value is -2.23. The zero-order valence-electron chi connectivity index (χ0n) is 24.4. The maximum atomic E-state index is 14.1. The summed E-state index contributed by atoms with van der Waals surface area (Å²) in [6, 6.07) is 8.22. The molecule has 1 aliphatic heterocycles. The van der Waals surface area contributed by atoms with E-state index in [0.29, 0.717) is 25.4 Å². The molecule has 8 nitrogen and oxygen atoms in total. The smallest absolute Gasteiger partial charge is 0.237 e. The molecule has 1 amide bonds. The number of amides is 1. The van der Waals surface area contributed by atoms with Crippen LogP contribution in [0.4, 0.5) is 0 Å². The van der Waals surface area contributed by atoms with Crippen molar-refractivity contribution >= 4 is 15.9 Å². The first-order valence-corrected chi connectivity index (χ1v) is 16.6. The number of H-pyrrole nitrogens is 1. The first kappa shape index (κ1) is 27.9. The summed E-state index contributed by atoms with van der Waals surface area (Å²) in [5.74, 6) is 0.494. The molecule has 4 aliphatic rings. The van der Waals surface area contributed by atoms with Crippen molar-refractivity contribution in [1.29, 1.82) is 0 Å². The molecule has 3 fully saturated rings. The lowest BCUT2D eigenvalue weighted by atomic mass is 9.69. The lowest BCUT2D eigenvalue weighted by Crippen LogP contribution is -2.57. The van der Waals surface area contributed by atoms with Crippen molar-refractivity contribution < 1.29 is 13.2 Å². The lowest BCUT2D eigenvalue weighted by Gasteiger charge is -2.45. The lowest BCUT2D eigenvalue weighted by molar-refractivity contribution is -0.127. The van der Waals surface area contributed by atoms with Gasteiger partial charge in [0.25, 0.3) is 0 Å². The Bertz CT molecular complexity index is 1350. The molecule has 1 saturated heterocycles. The van der Waals surface area contributed by atoms with Gasteiger partial charge in [0.15, 0.2) is 0 Å². The van der Waals surface area contributed by atoms with E-state index < -0.39 is 15.4 Å². The third-order valence-electron chi connectivity index (χ3n) is 11.6. The number of aromatic nitrogens is 2. The van der Waals surface area contributed by atoms with Crippen LogP contribution in [0.5, 0.6) is 0 Å². The van der Waals surface area contributed by atoms with E-state index >= 15 is 0 Å². The van der Waals surface area contributed by atoms with Crippen molar-refractivity contribution in [3.63, 3.8) is 0 Å². The van der Waals surface area contributed by atoms with Gasteiger partial charge in [0, 0.05) is 42.9 Å². The van der Waals surface area contributed by atoms with Crippen molar-refractivity contribution in [2.45, 2.75) is 82.7 Å². The minimum Gasteiger partial charge on any atom is -0.351 e. The fraction of sp³-hybridized carbons (Fsp3) is 0.677. The van der Waals surface area contributed by atoms with Gasteiger partial charge in [-0.15, -0.1) is 0 Å². The topological polar surface area (TPSA) is 98.4 Å². The Balaban J connectivity index is 1.19. The summed E-state index contributed by atoms with van der Waals surface area (Å²) in [5.41, 5.74) is 3.28. The molecule has 6 rings (SSSR count). The number of likely N-dealkylation sites (N-methyl/N-ethyl adjacent to an activating group) is 1. The van der Waals surface area contributed by atoms with E-state index in [1.54, 1.807) is 16.8 Å². The van der Waals surface area contributed by atoms with Gasteiger partial charge in [0.2, 0.25) is 15.9 Å². The fourth-order valence-corrected chi connectivity index (χ4v) is 11.2. The van der Waals surface area contributed by atoms with Crippen LogP contribution >= 0.6 is 0 Å². The largest absolute Gasteiger partial charge is 0.351 e. The number of aryl methyl sites for hydroxylation is 1. The Labute approximate surface area is 239 Å². The van der Waals surface area contributed by atoms with E-state index in [9.17, 15) is 13.2 Å². The van der Waals surface area contributed by atoms with E-state index in [-0.39, 0.29) is 34.6 Å². The van der Waals surface area contributed by atoms with Crippen molar-refractivity contribution in [2.24, 2.45) is 16.7 Å². The molecule has 1 spiro atoms. The second-order valence-electron chi connectivity index (χ2n) is 13.8. The molecule has 3 aliphatic carbocycles. The predicted molar refractivity (Wildman–Crippen MR) is 156 cm³/mol. The number of hydrogen-bond acceptors (Lipinski definition) is 5. The number of piperidine rings is 1. The van der Waals surface area contributed by atoms with Crippen LogP contribution in [0.1, 0.15) is 69.2 Å². The highest BCUT2D eigenvalue weighted by atomic mass is 32.2. The minimum atomic E-state index is -3.49. The van der Waals surface area contributed by atoms with Gasteiger partial charge < -0.3 is 10.3 Å². The summed E-state index contributed by atoms with van der Waals surface area (Å²) >= 11 is 0. The number of nitrogens with one attached hydrogen (secondary N) is 2. The van der Waals surface area contributed by atoms with Crippen LogP contribution in [0.15, 0.2) is 36.8 Å². The summed E-state index contributed by atoms with van der Waals surface area (Å²) in [6.45, 7) is 5.64. The van der Waals surface area contributed by atoms with Crippen molar-refractivity contribution in [2.75, 3.05) is 32.9 Å². The normalized spacial score (nSPS) is 29.6. The van der Waals surface area contributed by atoms with E-state index in [4.69, 9.17) is 0 Å². The maximum Gasteiger partial charge on any atom is 0.237 e. The van der Waals surface area contributed by atoms with Crippen LogP contribution in [0, 0.1) is 16.7 Å². The average Bonchev–Trinajstić information content (AvgIpc) is 3.65. The molecular weight excluding hydrogens is 522 g/mol. The monoisotopic (exact) mass is 567 g/mol. The van der Waals surface area contributed by atoms with Crippen LogP contribution < -0.4 is 5.32 Å². The molecule has 2 heterocycles. The molecule has 9 heteroatoms. The molecule has 0 radical (unpaired) electrons. The van der Waals surface area contributed by atoms with Crippen LogP contribution in [-0.4, -0.2) is 78.5 Å². The zero-order chi connectivity index (χ0) is 28.3. The third kappa shape index (κ3) is 4.43. The van der Waals surface area contributed by atoms with Crippen LogP contribution in [0.25, 0.3) is 0 Å². The SMILES string of the molecule is CN(C)[C@@H](Cc1cnc[nH]1)C(=O)N[C@H]1C[C@H]2CC[C@]1(CS(=O)(=O)N1CCC3(CCc4ccccc43)CC1)C2(C)C. The summed E-state index contributed by atoms with van der Waals surface area (Å²) in [4.78, 5) is 22.8. The molecule has 2 N–H and O–H groups in total. The quantitative estimate of drug-likeness (QED) is 0.509. The first-order chi connectivity index (χ1) is 19.0. The van der Waals surface area contributed by atoms with Crippen LogP contribution in [0.3, 0.4) is 0 Å². The maximum absolute atomic E-state index is 14.1. The molecule has 0 unspecified atom stereocenters. The highest BCUT2D eigenvalue weighted by Gasteiger charge is 2.66.